The van der Waals surface area contributed by atoms with Crippen LogP contribution >= 0.6 is 23.7 Å². The molecule has 18 heavy (non-hydrogen) atoms. The van der Waals surface area contributed by atoms with Crippen LogP contribution in [0.25, 0.3) is 0 Å². The Bertz CT molecular complexity index is 401. The number of thiophene rings is 1. The van der Waals surface area contributed by atoms with Crippen LogP contribution < -0.4 is 10.1 Å². The van der Waals surface area contributed by atoms with Gasteiger partial charge in [-0.1, -0.05) is 0 Å². The van der Waals surface area contributed by atoms with Crippen molar-refractivity contribution >= 4 is 29.7 Å². The molecular formula is C12H19ClN2O2S. The fraction of sp³-hybridized carbons (Fsp3) is 0.583. The summed E-state index contributed by atoms with van der Waals surface area (Å²) in [6, 6.07) is 2.52. The molecule has 2 rings (SSSR count). The number of carbonyl (C=O) groups is 1. The highest BCUT2D eigenvalue weighted by molar-refractivity contribution is 7.12. The van der Waals surface area contributed by atoms with Gasteiger partial charge in [0, 0.05) is 25.2 Å². The second-order valence-corrected chi connectivity index (χ2v) is 5.41. The summed E-state index contributed by atoms with van der Waals surface area (Å²) in [4.78, 5) is 15.0. The van der Waals surface area contributed by atoms with Gasteiger partial charge in [0.1, 0.15) is 10.6 Å². The first-order valence-electron chi connectivity index (χ1n) is 5.78. The van der Waals surface area contributed by atoms with Crippen molar-refractivity contribution in [1.29, 1.82) is 0 Å². The Kier molecular flexibility index (Phi) is 5.44. The molecule has 0 aromatic carbocycles. The lowest BCUT2D eigenvalue weighted by Crippen LogP contribution is -2.55. The van der Waals surface area contributed by atoms with Gasteiger partial charge in [0.15, 0.2) is 0 Å². The maximum absolute atomic E-state index is 12.4. The summed E-state index contributed by atoms with van der Waals surface area (Å²) < 4.78 is 5.20. The summed E-state index contributed by atoms with van der Waals surface area (Å²) >= 11 is 1.44. The summed E-state index contributed by atoms with van der Waals surface area (Å²) in [5.41, 5.74) is 0. The van der Waals surface area contributed by atoms with E-state index in [1.807, 2.05) is 16.3 Å². The third kappa shape index (κ3) is 3.16. The molecule has 1 aromatic rings. The van der Waals surface area contributed by atoms with Crippen LogP contribution in [0, 0.1) is 0 Å². The number of piperazine rings is 1. The monoisotopic (exact) mass is 290 g/mol. The number of ether oxygens (including phenoxy) is 1. The Morgan fingerprint density at radius 1 is 1.44 bits per heavy atom. The summed E-state index contributed by atoms with van der Waals surface area (Å²) in [5.74, 6) is 0.760. The minimum Gasteiger partial charge on any atom is -0.495 e. The molecule has 1 aliphatic rings. The van der Waals surface area contributed by atoms with Gasteiger partial charge in [-0.15, -0.1) is 23.7 Å². The standard InChI is InChI=1S/C12H18N2O2S.ClH/c1-8-6-14(7-9(2)13-8)12(15)11-10(16-3)4-5-17-11;/h4-5,8-9,13H,6-7H2,1-3H3;1H. The first-order valence-corrected chi connectivity index (χ1v) is 6.66. The van der Waals surface area contributed by atoms with Crippen LogP contribution in [0.1, 0.15) is 23.5 Å². The molecule has 0 bridgehead atoms. The maximum atomic E-state index is 12.4. The van der Waals surface area contributed by atoms with Crippen LogP contribution in [0.5, 0.6) is 5.75 Å². The van der Waals surface area contributed by atoms with E-state index in [2.05, 4.69) is 19.2 Å². The molecule has 1 aromatic heterocycles. The fourth-order valence-electron chi connectivity index (χ4n) is 2.25. The van der Waals surface area contributed by atoms with E-state index in [-0.39, 0.29) is 18.3 Å². The predicted octanol–water partition coefficient (Wildman–Crippen LogP) is 2.00. The van der Waals surface area contributed by atoms with Crippen molar-refractivity contribution < 1.29 is 9.53 Å². The van der Waals surface area contributed by atoms with Crippen molar-refractivity contribution in [1.82, 2.24) is 10.2 Å². The van der Waals surface area contributed by atoms with Crippen molar-refractivity contribution in [2.24, 2.45) is 0 Å². The van der Waals surface area contributed by atoms with Crippen molar-refractivity contribution in [2.75, 3.05) is 20.2 Å². The maximum Gasteiger partial charge on any atom is 0.267 e. The summed E-state index contributed by atoms with van der Waals surface area (Å²) in [6.45, 7) is 5.71. The molecule has 1 saturated heterocycles. The van der Waals surface area contributed by atoms with Crippen molar-refractivity contribution in [3.63, 3.8) is 0 Å². The third-order valence-corrected chi connectivity index (χ3v) is 3.77. The lowest BCUT2D eigenvalue weighted by molar-refractivity contribution is 0.0675. The minimum absolute atomic E-state index is 0. The van der Waals surface area contributed by atoms with Crippen LogP contribution in [0.2, 0.25) is 0 Å². The number of hydrogen-bond acceptors (Lipinski definition) is 4. The first kappa shape index (κ1) is 15.3. The molecule has 0 radical (unpaired) electrons. The number of amides is 1. The Balaban J connectivity index is 0.00000162. The van der Waals surface area contributed by atoms with E-state index < -0.39 is 0 Å². The van der Waals surface area contributed by atoms with E-state index in [0.717, 1.165) is 13.1 Å². The molecule has 102 valence electrons. The van der Waals surface area contributed by atoms with Gasteiger partial charge in [0.25, 0.3) is 5.91 Å². The molecule has 0 aliphatic carbocycles. The average molecular weight is 291 g/mol. The molecule has 1 fully saturated rings. The number of nitrogens with zero attached hydrogens (tertiary/aromatic N) is 1. The van der Waals surface area contributed by atoms with Crippen LogP contribution in [0.3, 0.4) is 0 Å². The van der Waals surface area contributed by atoms with Crippen LogP contribution in [0.15, 0.2) is 11.4 Å². The van der Waals surface area contributed by atoms with Gasteiger partial charge in [-0.05, 0) is 25.3 Å². The second kappa shape index (κ2) is 6.41. The van der Waals surface area contributed by atoms with Gasteiger partial charge in [0.2, 0.25) is 0 Å². The lowest BCUT2D eigenvalue weighted by atomic mass is 10.1. The zero-order valence-electron chi connectivity index (χ0n) is 10.8. The summed E-state index contributed by atoms with van der Waals surface area (Å²) in [5, 5.41) is 5.31. The molecule has 6 heteroatoms. The van der Waals surface area contributed by atoms with E-state index in [4.69, 9.17) is 4.74 Å². The average Bonchev–Trinajstić information content (AvgIpc) is 2.74. The second-order valence-electron chi connectivity index (χ2n) is 4.50. The molecule has 2 atom stereocenters. The topological polar surface area (TPSA) is 41.6 Å². The van der Waals surface area contributed by atoms with Gasteiger partial charge < -0.3 is 15.0 Å². The Labute approximate surface area is 118 Å². The van der Waals surface area contributed by atoms with Crippen LogP contribution in [-0.4, -0.2) is 43.1 Å². The highest BCUT2D eigenvalue weighted by Gasteiger charge is 2.27. The van der Waals surface area contributed by atoms with Gasteiger partial charge in [0.05, 0.1) is 7.11 Å². The number of rotatable bonds is 2. The van der Waals surface area contributed by atoms with Crippen molar-refractivity contribution in [2.45, 2.75) is 25.9 Å². The van der Waals surface area contributed by atoms with Gasteiger partial charge >= 0.3 is 0 Å². The van der Waals surface area contributed by atoms with Gasteiger partial charge in [-0.2, -0.15) is 0 Å². The van der Waals surface area contributed by atoms with E-state index in [1.165, 1.54) is 11.3 Å². The summed E-state index contributed by atoms with van der Waals surface area (Å²) in [7, 11) is 1.60. The fourth-order valence-corrected chi connectivity index (χ4v) is 3.08. The molecule has 1 N–H and O–H groups in total. The molecule has 4 nitrogen and oxygen atoms in total. The zero-order chi connectivity index (χ0) is 12.4. The Morgan fingerprint density at radius 3 is 2.61 bits per heavy atom. The number of methoxy groups -OCH3 is 1. The highest BCUT2D eigenvalue weighted by atomic mass is 35.5. The normalized spacial score (nSPS) is 23.4. The highest BCUT2D eigenvalue weighted by Crippen LogP contribution is 2.26. The Hall–Kier alpha value is -0.780. The van der Waals surface area contributed by atoms with E-state index in [0.29, 0.717) is 22.7 Å². The SMILES string of the molecule is COc1ccsc1C(=O)N1CC(C)NC(C)C1.Cl. The van der Waals surface area contributed by atoms with E-state index in [1.54, 1.807) is 7.11 Å². The third-order valence-electron chi connectivity index (χ3n) is 2.89. The molecule has 1 aliphatic heterocycles. The lowest BCUT2D eigenvalue weighted by Gasteiger charge is -2.36. The first-order chi connectivity index (χ1) is 8.11. The van der Waals surface area contributed by atoms with Gasteiger partial charge in [-0.3, -0.25) is 4.79 Å². The molecule has 2 heterocycles. The quantitative estimate of drug-likeness (QED) is 0.906. The summed E-state index contributed by atoms with van der Waals surface area (Å²) in [6.07, 6.45) is 0. The zero-order valence-corrected chi connectivity index (χ0v) is 12.4. The van der Waals surface area contributed by atoms with Crippen molar-refractivity contribution in [3.05, 3.63) is 16.3 Å². The molecule has 2 unspecified atom stereocenters. The number of halogens is 1. The molecule has 0 saturated carbocycles. The Morgan fingerprint density at radius 2 is 2.06 bits per heavy atom. The van der Waals surface area contributed by atoms with E-state index in [9.17, 15) is 4.79 Å². The molecule has 0 spiro atoms. The van der Waals surface area contributed by atoms with E-state index >= 15 is 0 Å². The minimum atomic E-state index is 0. The van der Waals surface area contributed by atoms with Crippen LogP contribution in [0.4, 0.5) is 0 Å². The largest absolute Gasteiger partial charge is 0.495 e. The van der Waals surface area contributed by atoms with Crippen molar-refractivity contribution in [3.8, 4) is 5.75 Å². The number of carbonyl (C=O) groups excluding carboxylic acids is 1. The smallest absolute Gasteiger partial charge is 0.267 e. The van der Waals surface area contributed by atoms with Crippen LogP contribution in [-0.2, 0) is 0 Å². The number of nitrogens with one attached hydrogen (secondary N) is 1. The molecular weight excluding hydrogens is 272 g/mol. The predicted molar refractivity (Wildman–Crippen MR) is 76.1 cm³/mol. The molecule has 1 amide bonds. The number of hydrogen-bond donors (Lipinski definition) is 1. The van der Waals surface area contributed by atoms with Gasteiger partial charge in [-0.25, -0.2) is 0 Å².